The fourth-order valence-corrected chi connectivity index (χ4v) is 1.87. The fraction of sp³-hybridized carbons (Fsp3) is 0.364. The van der Waals surface area contributed by atoms with Crippen molar-refractivity contribution in [2.24, 2.45) is 0 Å². The lowest BCUT2D eigenvalue weighted by Gasteiger charge is -2.13. The van der Waals surface area contributed by atoms with Crippen LogP contribution in [0.15, 0.2) is 12.1 Å². The molecule has 0 amide bonds. The first-order valence-corrected chi connectivity index (χ1v) is 4.67. The highest BCUT2D eigenvalue weighted by atomic mass is 16.3. The van der Waals surface area contributed by atoms with E-state index in [9.17, 15) is 9.90 Å². The third-order valence-corrected chi connectivity index (χ3v) is 2.70. The lowest BCUT2D eigenvalue weighted by atomic mass is 10.1. The first-order chi connectivity index (χ1) is 6.59. The van der Waals surface area contributed by atoms with Crippen molar-refractivity contribution < 1.29 is 9.90 Å². The molecule has 14 heavy (non-hydrogen) atoms. The van der Waals surface area contributed by atoms with E-state index in [1.165, 1.54) is 6.92 Å². The zero-order chi connectivity index (χ0) is 10.3. The summed E-state index contributed by atoms with van der Waals surface area (Å²) < 4.78 is 0. The van der Waals surface area contributed by atoms with Gasteiger partial charge in [0.25, 0.3) is 0 Å². The van der Waals surface area contributed by atoms with E-state index in [0.717, 1.165) is 24.2 Å². The summed E-state index contributed by atoms with van der Waals surface area (Å²) in [6.07, 6.45) is 0.942. The summed E-state index contributed by atoms with van der Waals surface area (Å²) in [5.74, 6) is 0.0113. The minimum absolute atomic E-state index is 0.0920. The summed E-state index contributed by atoms with van der Waals surface area (Å²) in [5, 5.41) is 9.59. The molecule has 0 atom stereocenters. The normalized spacial score (nSPS) is 14.3. The molecule has 0 spiro atoms. The van der Waals surface area contributed by atoms with Gasteiger partial charge in [-0.1, -0.05) is 0 Å². The number of likely N-dealkylation sites (N-methyl/N-ethyl adjacent to an activating group) is 1. The number of hydrogen-bond donors (Lipinski definition) is 1. The second-order valence-electron chi connectivity index (χ2n) is 3.73. The van der Waals surface area contributed by atoms with E-state index in [1.54, 1.807) is 12.1 Å². The van der Waals surface area contributed by atoms with Gasteiger partial charge in [0, 0.05) is 19.3 Å². The van der Waals surface area contributed by atoms with E-state index in [0.29, 0.717) is 5.56 Å². The number of fused-ring (bicyclic) bond motifs is 1. The molecule has 0 fully saturated rings. The molecule has 1 aromatic rings. The number of anilines is 1. The topological polar surface area (TPSA) is 40.5 Å². The second-order valence-corrected chi connectivity index (χ2v) is 3.73. The van der Waals surface area contributed by atoms with Crippen molar-refractivity contribution in [1.82, 2.24) is 0 Å². The van der Waals surface area contributed by atoms with Crippen LogP contribution in [0.25, 0.3) is 0 Å². The average molecular weight is 191 g/mol. The van der Waals surface area contributed by atoms with Crippen LogP contribution < -0.4 is 4.90 Å². The molecule has 1 aliphatic rings. The highest BCUT2D eigenvalue weighted by molar-refractivity contribution is 5.98. The maximum atomic E-state index is 11.2. The molecule has 3 nitrogen and oxygen atoms in total. The number of aromatic hydroxyl groups is 1. The number of phenolic OH excluding ortho intramolecular Hbond substituents is 1. The van der Waals surface area contributed by atoms with Crippen molar-refractivity contribution in [2.75, 3.05) is 18.5 Å². The minimum atomic E-state index is -0.0920. The van der Waals surface area contributed by atoms with Crippen LogP contribution in [-0.2, 0) is 6.42 Å². The number of carbonyl (C=O) groups excluding carboxylic acids is 1. The molecule has 1 aromatic carbocycles. The molecule has 3 heteroatoms. The Morgan fingerprint density at radius 3 is 2.86 bits per heavy atom. The van der Waals surface area contributed by atoms with Crippen molar-refractivity contribution in [3.8, 4) is 5.75 Å². The lowest BCUT2D eigenvalue weighted by Crippen LogP contribution is -2.12. The van der Waals surface area contributed by atoms with Crippen LogP contribution in [0.4, 0.5) is 5.69 Å². The summed E-state index contributed by atoms with van der Waals surface area (Å²) >= 11 is 0. The van der Waals surface area contributed by atoms with Gasteiger partial charge in [-0.25, -0.2) is 0 Å². The van der Waals surface area contributed by atoms with Crippen LogP contribution in [0.3, 0.4) is 0 Å². The van der Waals surface area contributed by atoms with Crippen LogP contribution >= 0.6 is 0 Å². The number of hydrogen-bond acceptors (Lipinski definition) is 3. The molecular formula is C11H13NO2. The van der Waals surface area contributed by atoms with Crippen LogP contribution in [0, 0.1) is 0 Å². The number of phenols is 1. The SMILES string of the molecule is CC(=O)c1cc2c(cc1O)CCN2C. The Morgan fingerprint density at radius 2 is 2.21 bits per heavy atom. The number of ketones is 1. The van der Waals surface area contributed by atoms with E-state index in [1.807, 2.05) is 7.05 Å². The Morgan fingerprint density at radius 1 is 1.50 bits per heavy atom. The Balaban J connectivity index is 2.57. The van der Waals surface area contributed by atoms with Gasteiger partial charge in [0.2, 0.25) is 0 Å². The van der Waals surface area contributed by atoms with Gasteiger partial charge in [0.05, 0.1) is 5.56 Å². The lowest BCUT2D eigenvalue weighted by molar-refractivity contribution is 0.101. The molecule has 0 radical (unpaired) electrons. The van der Waals surface area contributed by atoms with Crippen molar-refractivity contribution >= 4 is 11.5 Å². The summed E-state index contributed by atoms with van der Waals surface area (Å²) in [5.41, 5.74) is 2.60. The maximum Gasteiger partial charge on any atom is 0.163 e. The number of Topliss-reactive ketones (excluding diaryl/α,β-unsaturated/α-hetero) is 1. The average Bonchev–Trinajstić information content (AvgIpc) is 2.46. The standard InChI is InChI=1S/C11H13NO2/c1-7(13)9-6-10-8(5-11(9)14)3-4-12(10)2/h5-6,14H,3-4H2,1-2H3. The zero-order valence-corrected chi connectivity index (χ0v) is 8.37. The first kappa shape index (κ1) is 9.06. The van der Waals surface area contributed by atoms with Gasteiger partial charge >= 0.3 is 0 Å². The van der Waals surface area contributed by atoms with Crippen LogP contribution in [0.2, 0.25) is 0 Å². The molecule has 0 unspecified atom stereocenters. The molecule has 0 aliphatic carbocycles. The second kappa shape index (κ2) is 3.01. The Kier molecular flexibility index (Phi) is 1.95. The highest BCUT2D eigenvalue weighted by Crippen LogP contribution is 2.32. The molecule has 2 rings (SSSR count). The van der Waals surface area contributed by atoms with E-state index in [-0.39, 0.29) is 11.5 Å². The van der Waals surface area contributed by atoms with Crippen molar-refractivity contribution in [1.29, 1.82) is 0 Å². The molecule has 0 saturated heterocycles. The monoisotopic (exact) mass is 191 g/mol. The molecule has 0 saturated carbocycles. The van der Waals surface area contributed by atoms with Gasteiger partial charge in [0.1, 0.15) is 5.75 Å². The number of nitrogens with zero attached hydrogens (tertiary/aromatic N) is 1. The smallest absolute Gasteiger partial charge is 0.163 e. The third kappa shape index (κ3) is 1.25. The van der Waals surface area contributed by atoms with Crippen LogP contribution in [0.1, 0.15) is 22.8 Å². The van der Waals surface area contributed by atoms with E-state index in [2.05, 4.69) is 4.90 Å². The zero-order valence-electron chi connectivity index (χ0n) is 8.37. The molecule has 0 aromatic heterocycles. The molecule has 1 N–H and O–H groups in total. The molecule has 1 heterocycles. The fourth-order valence-electron chi connectivity index (χ4n) is 1.87. The Hall–Kier alpha value is -1.51. The highest BCUT2D eigenvalue weighted by Gasteiger charge is 2.19. The minimum Gasteiger partial charge on any atom is -0.507 e. The number of benzene rings is 1. The summed E-state index contributed by atoms with van der Waals surface area (Å²) in [4.78, 5) is 13.3. The van der Waals surface area contributed by atoms with Crippen LogP contribution in [0.5, 0.6) is 5.75 Å². The Bertz CT molecular complexity index is 399. The molecule has 1 aliphatic heterocycles. The quantitative estimate of drug-likeness (QED) is 0.685. The maximum absolute atomic E-state index is 11.2. The van der Waals surface area contributed by atoms with E-state index >= 15 is 0 Å². The molecular weight excluding hydrogens is 178 g/mol. The Labute approximate surface area is 83.0 Å². The third-order valence-electron chi connectivity index (χ3n) is 2.70. The van der Waals surface area contributed by atoms with Gasteiger partial charge in [-0.15, -0.1) is 0 Å². The van der Waals surface area contributed by atoms with Crippen molar-refractivity contribution in [2.45, 2.75) is 13.3 Å². The van der Waals surface area contributed by atoms with Gasteiger partial charge in [-0.2, -0.15) is 0 Å². The van der Waals surface area contributed by atoms with E-state index in [4.69, 9.17) is 0 Å². The van der Waals surface area contributed by atoms with Crippen molar-refractivity contribution in [3.63, 3.8) is 0 Å². The molecule has 74 valence electrons. The summed E-state index contributed by atoms with van der Waals surface area (Å²) in [6, 6.07) is 3.48. The number of carbonyl (C=O) groups is 1. The van der Waals surface area contributed by atoms with Gasteiger partial charge in [0.15, 0.2) is 5.78 Å². The van der Waals surface area contributed by atoms with Gasteiger partial charge in [-0.05, 0) is 31.0 Å². The predicted octanol–water partition coefficient (Wildman–Crippen LogP) is 1.59. The summed E-state index contributed by atoms with van der Waals surface area (Å²) in [6.45, 7) is 2.42. The first-order valence-electron chi connectivity index (χ1n) is 4.67. The molecule has 0 bridgehead atoms. The predicted molar refractivity (Wildman–Crippen MR) is 55.1 cm³/mol. The van der Waals surface area contributed by atoms with Gasteiger partial charge < -0.3 is 10.0 Å². The van der Waals surface area contributed by atoms with E-state index < -0.39 is 0 Å². The largest absolute Gasteiger partial charge is 0.507 e. The summed E-state index contributed by atoms with van der Waals surface area (Å²) in [7, 11) is 1.99. The van der Waals surface area contributed by atoms with Crippen LogP contribution in [-0.4, -0.2) is 24.5 Å². The number of rotatable bonds is 1. The van der Waals surface area contributed by atoms with Gasteiger partial charge in [-0.3, -0.25) is 4.79 Å². The van der Waals surface area contributed by atoms with Crippen molar-refractivity contribution in [3.05, 3.63) is 23.3 Å².